The van der Waals surface area contributed by atoms with E-state index in [1.807, 2.05) is 20.8 Å². The lowest BCUT2D eigenvalue weighted by Crippen LogP contribution is -2.51. The molecule has 1 aromatic rings. The lowest BCUT2D eigenvalue weighted by molar-refractivity contribution is -0.162. The highest BCUT2D eigenvalue weighted by atomic mass is 127. The molecular formula is C47H91IO5Si3. The minimum Gasteiger partial charge on any atom is -0.543 e. The summed E-state index contributed by atoms with van der Waals surface area (Å²) in [5, 5.41) is 0. The zero-order valence-corrected chi connectivity index (χ0v) is 45.6. The van der Waals surface area contributed by atoms with Crippen LogP contribution in [0.4, 0.5) is 0 Å². The zero-order valence-electron chi connectivity index (χ0n) is 40.5. The lowest BCUT2D eigenvalue weighted by atomic mass is 9.86. The molecule has 0 N–H and O–H groups in total. The summed E-state index contributed by atoms with van der Waals surface area (Å²) in [6, 6.07) is 10.1. The zero-order chi connectivity index (χ0) is 43.6. The topological polar surface area (TPSA) is 54.0 Å². The van der Waals surface area contributed by atoms with Gasteiger partial charge < -0.3 is 18.0 Å². The van der Waals surface area contributed by atoms with E-state index in [0.29, 0.717) is 39.2 Å². The normalized spacial score (nSPS) is 16.2. The van der Waals surface area contributed by atoms with Gasteiger partial charge in [-0.3, -0.25) is 4.79 Å². The Morgan fingerprint density at radius 3 is 1.34 bits per heavy atom. The molecule has 0 aromatic heterocycles. The molecule has 1 unspecified atom stereocenters. The van der Waals surface area contributed by atoms with Gasteiger partial charge in [0.25, 0.3) is 16.6 Å². The number of alkyl halides is 1. The first kappa shape index (κ1) is 53.6. The number of halogens is 1. The van der Waals surface area contributed by atoms with Crippen molar-refractivity contribution in [2.45, 2.75) is 228 Å². The van der Waals surface area contributed by atoms with Crippen molar-refractivity contribution in [3.05, 3.63) is 23.8 Å². The quantitative estimate of drug-likeness (QED) is 0.0423. The van der Waals surface area contributed by atoms with Crippen LogP contribution in [0.3, 0.4) is 0 Å². The van der Waals surface area contributed by atoms with Crippen LogP contribution in [-0.2, 0) is 14.0 Å². The second kappa shape index (κ2) is 23.0. The molecule has 0 heterocycles. The largest absolute Gasteiger partial charge is 0.543 e. The standard InChI is InChI=1S/C47H91IO5Si3/c1-22-54(23-2,24-3)53-45(39(17)25-26-44(40(18)27-38(16)31-48)50-46(49)47(19,20)21)41-28-42(51-55(32(4)5,33(6)7)34(8)9)30-43(29-41)52-56(35(10)11,36(12)13)37(14)15/h28-30,32-40,44-45H,22-27,31H2,1-21H3/t38-,39-,40-,44?,45-/m0/s1. The Balaban J connectivity index is 4.13. The molecule has 0 aliphatic carbocycles. The summed E-state index contributed by atoms with van der Waals surface area (Å²) in [5.74, 6) is 2.79. The van der Waals surface area contributed by atoms with Crippen molar-refractivity contribution in [2.75, 3.05) is 4.43 Å². The molecule has 5 nitrogen and oxygen atoms in total. The van der Waals surface area contributed by atoms with Crippen LogP contribution in [0, 0.1) is 23.2 Å². The van der Waals surface area contributed by atoms with Gasteiger partial charge in [0.1, 0.15) is 17.6 Å². The molecule has 0 amide bonds. The van der Waals surface area contributed by atoms with Gasteiger partial charge in [-0.2, -0.15) is 0 Å². The van der Waals surface area contributed by atoms with Gasteiger partial charge in [0.05, 0.1) is 11.5 Å². The summed E-state index contributed by atoms with van der Waals surface area (Å²) in [5.41, 5.74) is 3.30. The third kappa shape index (κ3) is 13.6. The third-order valence-electron chi connectivity index (χ3n) is 13.5. The summed E-state index contributed by atoms with van der Waals surface area (Å²) in [6.07, 6.45) is 2.47. The first-order chi connectivity index (χ1) is 25.7. The van der Waals surface area contributed by atoms with Crippen LogP contribution in [0.15, 0.2) is 18.2 Å². The van der Waals surface area contributed by atoms with Gasteiger partial charge in [-0.15, -0.1) is 0 Å². The fourth-order valence-electron chi connectivity index (χ4n) is 9.98. The molecule has 56 heavy (non-hydrogen) atoms. The molecule has 0 aliphatic heterocycles. The van der Waals surface area contributed by atoms with E-state index in [-0.39, 0.29) is 30.0 Å². The molecule has 328 valence electrons. The number of carbonyl (C=O) groups is 1. The lowest BCUT2D eigenvalue weighted by Gasteiger charge is -2.44. The SMILES string of the molecule is CC[Si](CC)(CC)O[C@H](c1cc(O[Si](C(C)C)(C(C)C)C(C)C)cc(O[Si](C(C)C)(C(C)C)C(C)C)c1)[C@@H](C)CCC(OC(=O)C(C)(C)C)[C@@H](C)C[C@H](C)CI. The molecule has 1 aromatic carbocycles. The Labute approximate surface area is 365 Å². The average molecular weight is 947 g/mol. The molecule has 0 radical (unpaired) electrons. The van der Waals surface area contributed by atoms with E-state index >= 15 is 0 Å². The Kier molecular flexibility index (Phi) is 22.0. The predicted molar refractivity (Wildman–Crippen MR) is 260 cm³/mol. The number of benzene rings is 1. The molecule has 0 fully saturated rings. The van der Waals surface area contributed by atoms with Crippen molar-refractivity contribution in [1.82, 2.24) is 0 Å². The van der Waals surface area contributed by atoms with Crippen LogP contribution in [0.5, 0.6) is 11.5 Å². The first-order valence-electron chi connectivity index (χ1n) is 22.7. The second-order valence-corrected chi connectivity index (χ2v) is 36.9. The average Bonchev–Trinajstić information content (AvgIpc) is 3.10. The Hall–Kier alpha value is -0.369. The molecule has 0 bridgehead atoms. The van der Waals surface area contributed by atoms with E-state index in [1.165, 1.54) is 5.56 Å². The number of esters is 1. The van der Waals surface area contributed by atoms with E-state index in [0.717, 1.165) is 53.3 Å². The third-order valence-corrected chi connectivity index (χ3v) is 31.6. The van der Waals surface area contributed by atoms with Gasteiger partial charge in [-0.1, -0.05) is 147 Å². The maximum atomic E-state index is 13.4. The maximum absolute atomic E-state index is 13.4. The highest BCUT2D eigenvalue weighted by Crippen LogP contribution is 2.48. The smallest absolute Gasteiger partial charge is 0.311 e. The highest BCUT2D eigenvalue weighted by molar-refractivity contribution is 14.1. The molecule has 0 aliphatic rings. The molecular weight excluding hydrogens is 856 g/mol. The van der Waals surface area contributed by atoms with Crippen molar-refractivity contribution in [3.8, 4) is 11.5 Å². The summed E-state index contributed by atoms with van der Waals surface area (Å²) < 4.78 is 30.2. The van der Waals surface area contributed by atoms with Crippen molar-refractivity contribution in [1.29, 1.82) is 0 Å². The van der Waals surface area contributed by atoms with Gasteiger partial charge in [-0.25, -0.2) is 0 Å². The molecule has 0 spiro atoms. The van der Waals surface area contributed by atoms with Crippen LogP contribution in [0.2, 0.25) is 51.4 Å². The van der Waals surface area contributed by atoms with E-state index in [4.69, 9.17) is 18.0 Å². The van der Waals surface area contributed by atoms with Crippen LogP contribution in [0.25, 0.3) is 0 Å². The van der Waals surface area contributed by atoms with Crippen LogP contribution in [0.1, 0.15) is 176 Å². The number of ether oxygens (including phenoxy) is 1. The second-order valence-electron chi connectivity index (χ2n) is 20.6. The first-order valence-corrected chi connectivity index (χ1v) is 31.1. The number of rotatable bonds is 25. The van der Waals surface area contributed by atoms with E-state index < -0.39 is 30.4 Å². The van der Waals surface area contributed by atoms with Crippen molar-refractivity contribution in [3.63, 3.8) is 0 Å². The minimum atomic E-state index is -2.28. The summed E-state index contributed by atoms with van der Waals surface area (Å²) >= 11 is 2.48. The number of hydrogen-bond acceptors (Lipinski definition) is 5. The van der Waals surface area contributed by atoms with E-state index in [2.05, 4.69) is 165 Å². The Morgan fingerprint density at radius 2 is 1.02 bits per heavy atom. The van der Waals surface area contributed by atoms with E-state index in [9.17, 15) is 4.79 Å². The van der Waals surface area contributed by atoms with Gasteiger partial charge >= 0.3 is 5.97 Å². The summed E-state index contributed by atoms with van der Waals surface area (Å²) in [7, 11) is -6.64. The Bertz CT molecular complexity index is 1200. The molecule has 0 saturated carbocycles. The predicted octanol–water partition coefficient (Wildman–Crippen LogP) is 16.3. The van der Waals surface area contributed by atoms with Crippen LogP contribution < -0.4 is 8.85 Å². The van der Waals surface area contributed by atoms with Crippen molar-refractivity contribution >= 4 is 53.5 Å². The fourth-order valence-corrected chi connectivity index (χ4v) is 23.7. The summed E-state index contributed by atoms with van der Waals surface area (Å²) in [6.45, 7) is 48.2. The Morgan fingerprint density at radius 1 is 0.625 bits per heavy atom. The van der Waals surface area contributed by atoms with Gasteiger partial charge in [0.2, 0.25) is 0 Å². The highest BCUT2D eigenvalue weighted by Gasteiger charge is 2.49. The molecule has 0 saturated heterocycles. The molecule has 5 atom stereocenters. The van der Waals surface area contributed by atoms with Crippen LogP contribution in [-0.4, -0.2) is 41.5 Å². The van der Waals surface area contributed by atoms with Crippen LogP contribution >= 0.6 is 22.6 Å². The van der Waals surface area contributed by atoms with Gasteiger partial charge in [-0.05, 0) is 127 Å². The summed E-state index contributed by atoms with van der Waals surface area (Å²) in [4.78, 5) is 13.4. The van der Waals surface area contributed by atoms with Crippen molar-refractivity contribution in [2.24, 2.45) is 23.2 Å². The van der Waals surface area contributed by atoms with E-state index in [1.54, 1.807) is 0 Å². The fraction of sp³-hybridized carbons (Fsp3) is 0.851. The maximum Gasteiger partial charge on any atom is 0.311 e. The molecule has 9 heteroatoms. The van der Waals surface area contributed by atoms with Gasteiger partial charge in [0, 0.05) is 10.5 Å². The number of hydrogen-bond donors (Lipinski definition) is 0. The van der Waals surface area contributed by atoms with Gasteiger partial charge in [0.15, 0.2) is 8.32 Å². The van der Waals surface area contributed by atoms with Crippen molar-refractivity contribution < 1.29 is 22.8 Å². The minimum absolute atomic E-state index is 0.112. The number of carbonyl (C=O) groups excluding carboxylic acids is 1. The molecule has 1 rings (SSSR count). The monoisotopic (exact) mass is 947 g/mol.